The maximum atomic E-state index is 13.8. The summed E-state index contributed by atoms with van der Waals surface area (Å²) < 4.78 is 28.8. The molecule has 3 aromatic carbocycles. The average molecular weight is 510 g/mol. The van der Waals surface area contributed by atoms with Gasteiger partial charge in [0.1, 0.15) is 11.6 Å². The van der Waals surface area contributed by atoms with Crippen LogP contribution in [-0.4, -0.2) is 11.8 Å². The summed E-state index contributed by atoms with van der Waals surface area (Å²) in [5, 5.41) is 4.93. The number of hydrogen-bond donors (Lipinski definition) is 2. The van der Waals surface area contributed by atoms with E-state index in [0.717, 1.165) is 0 Å². The fourth-order valence-corrected chi connectivity index (χ4v) is 3.01. The summed E-state index contributed by atoms with van der Waals surface area (Å²) in [5.41, 5.74) is 0.573. The number of nitrogens with one attached hydrogen (secondary N) is 2. The minimum atomic E-state index is -0.574. The first-order valence-corrected chi connectivity index (χ1v) is 9.55. The molecule has 0 aromatic heterocycles. The summed E-state index contributed by atoms with van der Waals surface area (Å²) in [6, 6.07) is 14.3. The third-order valence-electron chi connectivity index (χ3n) is 3.77. The third kappa shape index (κ3) is 4.82. The lowest BCUT2D eigenvalue weighted by molar-refractivity contribution is 0.101. The van der Waals surface area contributed by atoms with Crippen molar-refractivity contribution in [3.05, 3.63) is 92.4 Å². The molecule has 0 spiro atoms. The van der Waals surface area contributed by atoms with Crippen LogP contribution < -0.4 is 10.6 Å². The number of hydrogen-bond acceptors (Lipinski definition) is 2. The summed E-state index contributed by atoms with van der Waals surface area (Å²) in [6.45, 7) is 0. The second kappa shape index (κ2) is 8.62. The van der Waals surface area contributed by atoms with E-state index < -0.39 is 23.4 Å². The van der Waals surface area contributed by atoms with Gasteiger partial charge < -0.3 is 10.6 Å². The summed E-state index contributed by atoms with van der Waals surface area (Å²) in [7, 11) is 0. The van der Waals surface area contributed by atoms with Crippen LogP contribution in [0.4, 0.5) is 20.2 Å². The van der Waals surface area contributed by atoms with Gasteiger partial charge in [0.15, 0.2) is 0 Å². The van der Waals surface area contributed by atoms with E-state index in [0.29, 0.717) is 8.95 Å². The predicted molar refractivity (Wildman–Crippen MR) is 111 cm³/mol. The zero-order valence-electron chi connectivity index (χ0n) is 14.1. The fourth-order valence-electron chi connectivity index (χ4n) is 2.34. The lowest BCUT2D eigenvalue weighted by atomic mass is 10.1. The molecule has 3 rings (SSSR count). The van der Waals surface area contributed by atoms with E-state index in [4.69, 9.17) is 0 Å². The smallest absolute Gasteiger partial charge is 0.255 e. The van der Waals surface area contributed by atoms with E-state index in [9.17, 15) is 18.4 Å². The lowest BCUT2D eigenvalue weighted by Gasteiger charge is -2.09. The normalized spacial score (nSPS) is 10.4. The van der Waals surface area contributed by atoms with E-state index in [2.05, 4.69) is 42.5 Å². The Morgan fingerprint density at radius 3 is 1.32 bits per heavy atom. The van der Waals surface area contributed by atoms with Gasteiger partial charge in [-0.1, -0.05) is 31.9 Å². The minimum absolute atomic E-state index is 0.0423. The molecule has 0 saturated carbocycles. The number of halogens is 4. The Labute approximate surface area is 176 Å². The van der Waals surface area contributed by atoms with E-state index in [1.165, 1.54) is 48.5 Å². The highest BCUT2D eigenvalue weighted by atomic mass is 79.9. The molecule has 8 heteroatoms. The van der Waals surface area contributed by atoms with E-state index in [1.54, 1.807) is 12.1 Å². The highest BCUT2D eigenvalue weighted by molar-refractivity contribution is 9.10. The highest BCUT2D eigenvalue weighted by Gasteiger charge is 2.13. The van der Waals surface area contributed by atoms with Crippen molar-refractivity contribution in [3.63, 3.8) is 0 Å². The lowest BCUT2D eigenvalue weighted by Crippen LogP contribution is -2.15. The number of benzene rings is 3. The van der Waals surface area contributed by atoms with Gasteiger partial charge in [0.25, 0.3) is 11.8 Å². The summed E-state index contributed by atoms with van der Waals surface area (Å²) in [5.74, 6) is -2.19. The molecule has 3 aromatic rings. The second-order valence-corrected chi connectivity index (χ2v) is 7.57. The number of carbonyl (C=O) groups excluding carboxylic acids is 2. The molecule has 0 radical (unpaired) electrons. The van der Waals surface area contributed by atoms with Crippen LogP contribution in [0.3, 0.4) is 0 Å². The minimum Gasteiger partial charge on any atom is -0.319 e. The molecule has 0 aliphatic heterocycles. The van der Waals surface area contributed by atoms with E-state index >= 15 is 0 Å². The Bertz CT molecular complexity index is 972. The zero-order chi connectivity index (χ0) is 20.3. The topological polar surface area (TPSA) is 58.2 Å². The fraction of sp³-hybridized carbons (Fsp3) is 0. The van der Waals surface area contributed by atoms with Crippen LogP contribution in [0.2, 0.25) is 0 Å². The van der Waals surface area contributed by atoms with Gasteiger partial charge in [0.05, 0.1) is 11.4 Å². The molecule has 0 heterocycles. The zero-order valence-corrected chi connectivity index (χ0v) is 17.3. The maximum absolute atomic E-state index is 13.8. The van der Waals surface area contributed by atoms with Crippen LogP contribution >= 0.6 is 31.9 Å². The summed E-state index contributed by atoms with van der Waals surface area (Å²) >= 11 is 6.29. The first-order chi connectivity index (χ1) is 13.3. The Morgan fingerprint density at radius 1 is 0.643 bits per heavy atom. The molecule has 2 N–H and O–H groups in total. The largest absolute Gasteiger partial charge is 0.319 e. The number of carbonyl (C=O) groups is 2. The first-order valence-electron chi connectivity index (χ1n) is 7.96. The quantitative estimate of drug-likeness (QED) is 0.453. The molecular formula is C20H12Br2F2N2O2. The predicted octanol–water partition coefficient (Wildman–Crippen LogP) is 5.99. The van der Waals surface area contributed by atoms with Crippen LogP contribution in [-0.2, 0) is 0 Å². The molecule has 0 aliphatic rings. The molecule has 0 saturated heterocycles. The number of rotatable bonds is 4. The monoisotopic (exact) mass is 508 g/mol. The highest BCUT2D eigenvalue weighted by Crippen LogP contribution is 2.21. The molecule has 0 fully saturated rings. The van der Waals surface area contributed by atoms with Gasteiger partial charge in [0, 0.05) is 20.1 Å². The van der Waals surface area contributed by atoms with Crippen molar-refractivity contribution in [1.82, 2.24) is 0 Å². The van der Waals surface area contributed by atoms with Crippen molar-refractivity contribution in [3.8, 4) is 0 Å². The molecule has 4 nitrogen and oxygen atoms in total. The van der Waals surface area contributed by atoms with Crippen molar-refractivity contribution in [2.24, 2.45) is 0 Å². The molecule has 0 atom stereocenters. The SMILES string of the molecule is O=C(Nc1ccc(Br)cc1F)c1ccc(C(=O)Nc2ccc(Br)cc2F)cc1. The second-order valence-electron chi connectivity index (χ2n) is 5.73. The number of amides is 2. The Morgan fingerprint density at radius 2 is 1.00 bits per heavy atom. The van der Waals surface area contributed by atoms with E-state index in [1.807, 2.05) is 0 Å². The summed E-state index contributed by atoms with van der Waals surface area (Å²) in [6.07, 6.45) is 0. The Kier molecular flexibility index (Phi) is 6.21. The Balaban J connectivity index is 1.70. The molecule has 142 valence electrons. The third-order valence-corrected chi connectivity index (χ3v) is 4.75. The Hall–Kier alpha value is -2.58. The van der Waals surface area contributed by atoms with Gasteiger partial charge in [-0.2, -0.15) is 0 Å². The molecule has 2 amide bonds. The van der Waals surface area contributed by atoms with Crippen molar-refractivity contribution in [2.45, 2.75) is 0 Å². The molecule has 0 aliphatic carbocycles. The molecule has 0 bridgehead atoms. The van der Waals surface area contributed by atoms with Gasteiger partial charge >= 0.3 is 0 Å². The van der Waals surface area contributed by atoms with Gasteiger partial charge in [0.2, 0.25) is 0 Å². The van der Waals surface area contributed by atoms with Crippen molar-refractivity contribution >= 4 is 55.0 Å². The molecule has 0 unspecified atom stereocenters. The van der Waals surface area contributed by atoms with Crippen LogP contribution in [0.15, 0.2) is 69.6 Å². The standard InChI is InChI=1S/C20H12Br2F2N2O2/c21-13-5-7-17(15(23)9-13)25-19(27)11-1-2-12(4-3-11)20(28)26-18-8-6-14(22)10-16(18)24/h1-10H,(H,25,27)(H,26,28). The van der Waals surface area contributed by atoms with Crippen LogP contribution in [0, 0.1) is 11.6 Å². The maximum Gasteiger partial charge on any atom is 0.255 e. The van der Waals surface area contributed by atoms with E-state index in [-0.39, 0.29) is 22.5 Å². The summed E-state index contributed by atoms with van der Waals surface area (Å²) in [4.78, 5) is 24.5. The number of anilines is 2. The van der Waals surface area contributed by atoms with Gasteiger partial charge in [-0.25, -0.2) is 8.78 Å². The van der Waals surface area contributed by atoms with Gasteiger partial charge in [-0.3, -0.25) is 9.59 Å². The van der Waals surface area contributed by atoms with Crippen LogP contribution in [0.5, 0.6) is 0 Å². The molecule has 28 heavy (non-hydrogen) atoms. The van der Waals surface area contributed by atoms with Gasteiger partial charge in [-0.05, 0) is 60.7 Å². The van der Waals surface area contributed by atoms with Crippen LogP contribution in [0.25, 0.3) is 0 Å². The van der Waals surface area contributed by atoms with Crippen molar-refractivity contribution in [1.29, 1.82) is 0 Å². The first kappa shape index (κ1) is 20.2. The molecular weight excluding hydrogens is 498 g/mol. The van der Waals surface area contributed by atoms with Crippen molar-refractivity contribution in [2.75, 3.05) is 10.6 Å². The van der Waals surface area contributed by atoms with Gasteiger partial charge in [-0.15, -0.1) is 0 Å². The van der Waals surface area contributed by atoms with Crippen molar-refractivity contribution < 1.29 is 18.4 Å². The van der Waals surface area contributed by atoms with Crippen LogP contribution in [0.1, 0.15) is 20.7 Å². The average Bonchev–Trinajstić information content (AvgIpc) is 2.66.